The lowest BCUT2D eigenvalue weighted by molar-refractivity contribution is -0.128. The number of carbonyl (C=O) groups is 2. The summed E-state index contributed by atoms with van der Waals surface area (Å²) in [4.78, 5) is 23.6. The van der Waals surface area contributed by atoms with E-state index in [2.05, 4.69) is 39.6 Å². The summed E-state index contributed by atoms with van der Waals surface area (Å²) in [5, 5.41) is 6.94. The van der Waals surface area contributed by atoms with E-state index < -0.39 is 6.04 Å². The van der Waals surface area contributed by atoms with Crippen LogP contribution in [-0.4, -0.2) is 40.5 Å². The van der Waals surface area contributed by atoms with Crippen LogP contribution in [-0.2, 0) is 16.1 Å². The molecular weight excluding hydrogens is 310 g/mol. The van der Waals surface area contributed by atoms with Crippen LogP contribution in [0.4, 0.5) is 0 Å². The summed E-state index contributed by atoms with van der Waals surface area (Å²) in [5.74, 6) is 1.33. The van der Waals surface area contributed by atoms with Crippen molar-refractivity contribution in [3.05, 3.63) is 36.5 Å². The molecule has 0 saturated carbocycles. The Morgan fingerprint density at radius 2 is 2.22 bits per heavy atom. The number of fused-ring (bicyclic) bond motifs is 1. The van der Waals surface area contributed by atoms with E-state index in [9.17, 15) is 9.59 Å². The third kappa shape index (κ3) is 4.07. The Hall–Kier alpha value is -1.95. The van der Waals surface area contributed by atoms with Crippen LogP contribution >= 0.6 is 11.8 Å². The highest BCUT2D eigenvalue weighted by atomic mass is 32.2. The molecule has 0 aliphatic carbocycles. The zero-order valence-electron chi connectivity index (χ0n) is 13.0. The molecule has 6 heteroatoms. The molecule has 0 radical (unpaired) electrons. The Labute approximate surface area is 139 Å². The molecule has 5 nitrogen and oxygen atoms in total. The Kier molecular flexibility index (Phi) is 5.23. The lowest BCUT2D eigenvalue weighted by Crippen LogP contribution is -2.47. The van der Waals surface area contributed by atoms with Gasteiger partial charge in [0.2, 0.25) is 11.8 Å². The van der Waals surface area contributed by atoms with Crippen LogP contribution < -0.4 is 10.6 Å². The number of nitrogens with one attached hydrogen (secondary N) is 2. The van der Waals surface area contributed by atoms with E-state index in [1.165, 1.54) is 10.9 Å². The molecule has 23 heavy (non-hydrogen) atoms. The maximum absolute atomic E-state index is 12.1. The second kappa shape index (κ2) is 7.55. The Bertz CT molecular complexity index is 698. The fourth-order valence-corrected chi connectivity index (χ4v) is 3.70. The second-order valence-corrected chi connectivity index (χ2v) is 6.81. The molecule has 1 aromatic heterocycles. The van der Waals surface area contributed by atoms with E-state index in [1.54, 1.807) is 11.8 Å². The average Bonchev–Trinajstić information content (AvgIpc) is 2.84. The van der Waals surface area contributed by atoms with Gasteiger partial charge in [0.1, 0.15) is 6.04 Å². The minimum Gasteiger partial charge on any atom is -0.354 e. The lowest BCUT2D eigenvalue weighted by atomic mass is 10.2. The molecule has 1 aliphatic rings. The number of rotatable bonds is 5. The first-order valence-electron chi connectivity index (χ1n) is 7.93. The first kappa shape index (κ1) is 15.9. The van der Waals surface area contributed by atoms with Crippen molar-refractivity contribution in [2.75, 3.05) is 18.1 Å². The van der Waals surface area contributed by atoms with E-state index >= 15 is 0 Å². The highest BCUT2D eigenvalue weighted by Crippen LogP contribution is 2.15. The van der Waals surface area contributed by atoms with Crippen molar-refractivity contribution in [2.45, 2.75) is 25.4 Å². The molecule has 1 aliphatic heterocycles. The maximum Gasteiger partial charge on any atom is 0.243 e. The van der Waals surface area contributed by atoms with E-state index in [0.717, 1.165) is 18.7 Å². The van der Waals surface area contributed by atoms with Crippen molar-refractivity contribution >= 4 is 34.5 Å². The highest BCUT2D eigenvalue weighted by Gasteiger charge is 2.22. The standard InChI is InChI=1S/C17H21N3O2S/c21-16-7-11-23-12-14(19-16)17(22)18-8-3-9-20-10-6-13-4-1-2-5-15(13)20/h1-2,4-6,10,14H,3,7-9,11-12H2,(H,18,22)(H,19,21)/t14-/m0/s1. The van der Waals surface area contributed by atoms with Crippen molar-refractivity contribution in [1.29, 1.82) is 0 Å². The number of para-hydroxylation sites is 1. The number of amides is 2. The van der Waals surface area contributed by atoms with Crippen LogP contribution in [0.15, 0.2) is 36.5 Å². The third-order valence-electron chi connectivity index (χ3n) is 3.96. The zero-order chi connectivity index (χ0) is 16.1. The molecule has 0 spiro atoms. The molecule has 2 heterocycles. The smallest absolute Gasteiger partial charge is 0.243 e. The average molecular weight is 331 g/mol. The SMILES string of the molecule is O=C1CCSC[C@@H](C(=O)NCCCn2ccc3ccccc32)N1. The van der Waals surface area contributed by atoms with E-state index in [1.807, 2.05) is 12.1 Å². The monoisotopic (exact) mass is 331 g/mol. The van der Waals surface area contributed by atoms with Gasteiger partial charge in [0.05, 0.1) is 0 Å². The summed E-state index contributed by atoms with van der Waals surface area (Å²) in [6.45, 7) is 1.47. The lowest BCUT2D eigenvalue weighted by Gasteiger charge is -2.15. The van der Waals surface area contributed by atoms with Gasteiger partial charge in [-0.1, -0.05) is 18.2 Å². The number of carbonyl (C=O) groups excluding carboxylic acids is 2. The molecule has 1 fully saturated rings. The molecule has 2 N–H and O–H groups in total. The summed E-state index contributed by atoms with van der Waals surface area (Å²) in [6, 6.07) is 9.97. The number of aromatic nitrogens is 1. The number of nitrogens with zero attached hydrogens (tertiary/aromatic N) is 1. The number of benzene rings is 1. The summed E-state index contributed by atoms with van der Waals surface area (Å²) < 4.78 is 2.20. The predicted molar refractivity (Wildman–Crippen MR) is 93.4 cm³/mol. The van der Waals surface area contributed by atoms with Crippen molar-refractivity contribution in [1.82, 2.24) is 15.2 Å². The van der Waals surface area contributed by atoms with Crippen LogP contribution in [0.2, 0.25) is 0 Å². The van der Waals surface area contributed by atoms with Crippen LogP contribution in [0, 0.1) is 0 Å². The molecular formula is C17H21N3O2S. The molecule has 2 amide bonds. The number of aryl methyl sites for hydroxylation is 1. The summed E-state index contributed by atoms with van der Waals surface area (Å²) in [7, 11) is 0. The molecule has 2 aromatic rings. The normalized spacial score (nSPS) is 18.4. The molecule has 122 valence electrons. The van der Waals surface area contributed by atoms with Gasteiger partial charge in [-0.25, -0.2) is 0 Å². The maximum atomic E-state index is 12.1. The number of thioether (sulfide) groups is 1. The third-order valence-corrected chi connectivity index (χ3v) is 5.03. The summed E-state index contributed by atoms with van der Waals surface area (Å²) in [5.41, 5.74) is 1.21. The van der Waals surface area contributed by atoms with Gasteiger partial charge < -0.3 is 15.2 Å². The molecule has 1 atom stereocenters. The van der Waals surface area contributed by atoms with Gasteiger partial charge in [0, 0.05) is 42.7 Å². The molecule has 1 saturated heterocycles. The van der Waals surface area contributed by atoms with Crippen molar-refractivity contribution in [3.8, 4) is 0 Å². The minimum absolute atomic E-state index is 0.0334. The van der Waals surface area contributed by atoms with Crippen molar-refractivity contribution in [2.24, 2.45) is 0 Å². The van der Waals surface area contributed by atoms with E-state index in [-0.39, 0.29) is 11.8 Å². The Morgan fingerprint density at radius 1 is 1.35 bits per heavy atom. The fraction of sp³-hybridized carbons (Fsp3) is 0.412. The molecule has 1 aromatic carbocycles. The van der Waals surface area contributed by atoms with Crippen molar-refractivity contribution < 1.29 is 9.59 Å². The van der Waals surface area contributed by atoms with E-state index in [4.69, 9.17) is 0 Å². The second-order valence-electron chi connectivity index (χ2n) is 5.66. The summed E-state index contributed by atoms with van der Waals surface area (Å²) >= 11 is 1.65. The largest absolute Gasteiger partial charge is 0.354 e. The Morgan fingerprint density at radius 3 is 3.13 bits per heavy atom. The first-order chi connectivity index (χ1) is 11.2. The molecule has 0 unspecified atom stereocenters. The predicted octanol–water partition coefficient (Wildman–Crippen LogP) is 1.77. The van der Waals surface area contributed by atoms with Gasteiger partial charge >= 0.3 is 0 Å². The van der Waals surface area contributed by atoms with Crippen LogP contribution in [0.1, 0.15) is 12.8 Å². The van der Waals surface area contributed by atoms with Gasteiger partial charge in [-0.2, -0.15) is 11.8 Å². The van der Waals surface area contributed by atoms with Gasteiger partial charge in [-0.15, -0.1) is 0 Å². The summed E-state index contributed by atoms with van der Waals surface area (Å²) in [6.07, 6.45) is 3.43. The quantitative estimate of drug-likeness (QED) is 0.821. The van der Waals surface area contributed by atoms with Gasteiger partial charge in [0.15, 0.2) is 0 Å². The van der Waals surface area contributed by atoms with E-state index in [0.29, 0.717) is 18.7 Å². The minimum atomic E-state index is -0.401. The first-order valence-corrected chi connectivity index (χ1v) is 9.08. The molecule has 0 bridgehead atoms. The zero-order valence-corrected chi connectivity index (χ0v) is 13.8. The topological polar surface area (TPSA) is 63.1 Å². The van der Waals surface area contributed by atoms with Gasteiger partial charge in [0.25, 0.3) is 0 Å². The van der Waals surface area contributed by atoms with Crippen molar-refractivity contribution in [3.63, 3.8) is 0 Å². The number of hydrogen-bond acceptors (Lipinski definition) is 3. The van der Waals surface area contributed by atoms with Gasteiger partial charge in [-0.3, -0.25) is 9.59 Å². The highest BCUT2D eigenvalue weighted by molar-refractivity contribution is 7.99. The van der Waals surface area contributed by atoms with Crippen LogP contribution in [0.25, 0.3) is 10.9 Å². The van der Waals surface area contributed by atoms with Crippen LogP contribution in [0.3, 0.4) is 0 Å². The Balaban J connectivity index is 1.46. The fourth-order valence-electron chi connectivity index (χ4n) is 2.74. The molecule has 3 rings (SSSR count). The number of hydrogen-bond donors (Lipinski definition) is 2. The van der Waals surface area contributed by atoms with Gasteiger partial charge in [-0.05, 0) is 23.9 Å². The van der Waals surface area contributed by atoms with Crippen LogP contribution in [0.5, 0.6) is 0 Å².